The van der Waals surface area contributed by atoms with Gasteiger partial charge < -0.3 is 26.4 Å². The van der Waals surface area contributed by atoms with Gasteiger partial charge in [-0.25, -0.2) is 15.2 Å². The fourth-order valence-electron chi connectivity index (χ4n) is 3.99. The van der Waals surface area contributed by atoms with E-state index >= 15 is 0 Å². The number of carbonyl (C=O) groups excluding carboxylic acids is 7. The maximum Gasteiger partial charge on any atom is 0.270 e. The number of nitrogens with zero attached hydrogens (tertiary/aromatic N) is 3. The highest BCUT2D eigenvalue weighted by atomic mass is 16.5. The van der Waals surface area contributed by atoms with Crippen molar-refractivity contribution < 1.29 is 54.3 Å². The van der Waals surface area contributed by atoms with Gasteiger partial charge in [0, 0.05) is 40.4 Å². The first-order chi connectivity index (χ1) is 19.7. The SMILES string of the molecule is CC(=O)N[C@H](CCCN(O)C(C)=O)C(=O)N[C@H](CO)C(=O)N(O)CCC[C@@H]1NC(=O)[C@H](CCCN(O)C(C)=O)NC1=O. The maximum atomic E-state index is 12.7. The Balaban J connectivity index is 2.57. The van der Waals surface area contributed by atoms with E-state index in [4.69, 9.17) is 0 Å². The number of hydrogen-bond acceptors (Lipinski definition) is 11. The van der Waals surface area contributed by atoms with E-state index in [1.54, 1.807) is 0 Å². The van der Waals surface area contributed by atoms with Crippen molar-refractivity contribution in [3.63, 3.8) is 0 Å². The van der Waals surface area contributed by atoms with E-state index in [1.807, 2.05) is 0 Å². The average Bonchev–Trinajstić information content (AvgIpc) is 2.92. The van der Waals surface area contributed by atoms with Gasteiger partial charge in [-0.1, -0.05) is 0 Å². The van der Waals surface area contributed by atoms with E-state index < -0.39 is 72.1 Å². The first-order valence-corrected chi connectivity index (χ1v) is 13.4. The predicted octanol–water partition coefficient (Wildman–Crippen LogP) is -3.01. The van der Waals surface area contributed by atoms with Crippen LogP contribution >= 0.6 is 0 Å². The topological polar surface area (TPSA) is 258 Å². The molecule has 0 saturated carbocycles. The zero-order chi connectivity index (χ0) is 32.0. The molecule has 0 radical (unpaired) electrons. The molecule has 18 nitrogen and oxygen atoms in total. The van der Waals surface area contributed by atoms with E-state index in [0.29, 0.717) is 10.1 Å². The van der Waals surface area contributed by atoms with Gasteiger partial charge in [0.15, 0.2) is 0 Å². The lowest BCUT2D eigenvalue weighted by molar-refractivity contribution is -0.170. The van der Waals surface area contributed by atoms with Crippen LogP contribution in [0.1, 0.15) is 59.3 Å². The van der Waals surface area contributed by atoms with Gasteiger partial charge in [0.1, 0.15) is 24.2 Å². The van der Waals surface area contributed by atoms with Gasteiger partial charge in [0.05, 0.1) is 6.61 Å². The van der Waals surface area contributed by atoms with Crippen LogP contribution in [0.2, 0.25) is 0 Å². The Labute approximate surface area is 242 Å². The number of piperazine rings is 1. The first kappa shape index (κ1) is 36.2. The monoisotopic (exact) mass is 603 g/mol. The Morgan fingerprint density at radius 3 is 1.62 bits per heavy atom. The highest BCUT2D eigenvalue weighted by molar-refractivity contribution is 5.97. The molecule has 0 aliphatic carbocycles. The summed E-state index contributed by atoms with van der Waals surface area (Å²) >= 11 is 0. The molecule has 0 aromatic rings. The van der Waals surface area contributed by atoms with Gasteiger partial charge in [-0.2, -0.15) is 0 Å². The van der Waals surface area contributed by atoms with Gasteiger partial charge in [0.25, 0.3) is 5.91 Å². The van der Waals surface area contributed by atoms with Crippen molar-refractivity contribution in [1.29, 1.82) is 0 Å². The fraction of sp³-hybridized carbons (Fsp3) is 0.708. The second kappa shape index (κ2) is 17.8. The van der Waals surface area contributed by atoms with E-state index in [1.165, 1.54) is 6.92 Å². The van der Waals surface area contributed by atoms with Crippen LogP contribution in [0.4, 0.5) is 0 Å². The van der Waals surface area contributed by atoms with Gasteiger partial charge in [-0.3, -0.25) is 49.2 Å². The maximum absolute atomic E-state index is 12.7. The summed E-state index contributed by atoms with van der Waals surface area (Å²) in [6.07, 6.45) is 0.646. The first-order valence-electron chi connectivity index (χ1n) is 13.4. The number of aliphatic hydroxyl groups excluding tert-OH is 1. The molecule has 1 heterocycles. The van der Waals surface area contributed by atoms with Gasteiger partial charge in [0.2, 0.25) is 35.4 Å². The van der Waals surface area contributed by atoms with Crippen molar-refractivity contribution >= 4 is 41.4 Å². The summed E-state index contributed by atoms with van der Waals surface area (Å²) in [4.78, 5) is 83.7. The van der Waals surface area contributed by atoms with Crippen LogP contribution in [0.25, 0.3) is 0 Å². The van der Waals surface area contributed by atoms with E-state index in [2.05, 4.69) is 21.3 Å². The second-order valence-corrected chi connectivity index (χ2v) is 9.79. The molecule has 7 amide bonds. The Morgan fingerprint density at radius 1 is 0.738 bits per heavy atom. The largest absolute Gasteiger partial charge is 0.394 e. The zero-order valence-corrected chi connectivity index (χ0v) is 23.9. The third-order valence-electron chi connectivity index (χ3n) is 6.33. The molecule has 42 heavy (non-hydrogen) atoms. The third-order valence-corrected chi connectivity index (χ3v) is 6.33. The smallest absolute Gasteiger partial charge is 0.270 e. The van der Waals surface area contributed by atoms with E-state index in [9.17, 15) is 54.3 Å². The Bertz CT molecular complexity index is 996. The van der Waals surface area contributed by atoms with Crippen LogP contribution < -0.4 is 21.3 Å². The summed E-state index contributed by atoms with van der Waals surface area (Å²) in [6, 6.07) is -4.52. The lowest BCUT2D eigenvalue weighted by atomic mass is 10.0. The average molecular weight is 604 g/mol. The molecular formula is C24H41N7O11. The Morgan fingerprint density at radius 2 is 1.19 bits per heavy atom. The quantitative estimate of drug-likeness (QED) is 0.0613. The molecule has 8 N–H and O–H groups in total. The fourth-order valence-corrected chi connectivity index (χ4v) is 3.99. The van der Waals surface area contributed by atoms with Crippen molar-refractivity contribution in [2.45, 2.75) is 83.5 Å². The zero-order valence-electron chi connectivity index (χ0n) is 23.9. The Hall–Kier alpha value is -3.87. The minimum absolute atomic E-state index is 0.00839. The number of amides is 7. The molecule has 0 aromatic carbocycles. The Kier molecular flexibility index (Phi) is 15.4. The van der Waals surface area contributed by atoms with Crippen LogP contribution in [-0.2, 0) is 33.6 Å². The van der Waals surface area contributed by atoms with Crippen LogP contribution in [0, 0.1) is 0 Å². The normalized spacial score (nSPS) is 17.7. The van der Waals surface area contributed by atoms with Crippen LogP contribution in [0.15, 0.2) is 0 Å². The molecule has 1 rings (SSSR count). The molecule has 1 aliphatic rings. The number of aliphatic hydroxyl groups is 1. The summed E-state index contributed by atoms with van der Waals surface area (Å²) in [5.74, 6) is -4.59. The summed E-state index contributed by atoms with van der Waals surface area (Å²) in [5, 5.41) is 49.6. The molecule has 0 unspecified atom stereocenters. The molecule has 18 heteroatoms. The van der Waals surface area contributed by atoms with Crippen molar-refractivity contribution in [1.82, 2.24) is 36.5 Å². The highest BCUT2D eigenvalue weighted by Gasteiger charge is 2.34. The molecule has 1 saturated heterocycles. The summed E-state index contributed by atoms with van der Waals surface area (Å²) in [6.45, 7) is 2.16. The molecule has 1 fully saturated rings. The van der Waals surface area contributed by atoms with E-state index in [0.717, 1.165) is 13.8 Å². The number of nitrogens with one attached hydrogen (secondary N) is 4. The number of rotatable bonds is 17. The molecule has 0 spiro atoms. The van der Waals surface area contributed by atoms with Crippen LogP contribution in [-0.4, -0.2) is 128 Å². The van der Waals surface area contributed by atoms with E-state index in [-0.39, 0.29) is 63.2 Å². The standard InChI is InChI=1S/C24H41N7O11/c1-14(33)25-17(7-4-10-29(40)15(2)34)21(36)28-20(13-32)24(39)31(42)12-6-9-19-23(38)26-18(22(37)27-19)8-5-11-30(41)16(3)35/h17-20,32,40-42H,4-13H2,1-3H3,(H,25,33)(H,26,38)(H,27,37)(H,28,36)/t17-,18+,19+,20-/m1/s1. The van der Waals surface area contributed by atoms with Gasteiger partial charge >= 0.3 is 0 Å². The predicted molar refractivity (Wildman–Crippen MR) is 140 cm³/mol. The molecule has 4 atom stereocenters. The summed E-state index contributed by atoms with van der Waals surface area (Å²) in [5.41, 5.74) is 0. The molecule has 0 aromatic heterocycles. The number of carbonyl (C=O) groups is 7. The molecule has 0 bridgehead atoms. The summed E-state index contributed by atoms with van der Waals surface area (Å²) in [7, 11) is 0. The summed E-state index contributed by atoms with van der Waals surface area (Å²) < 4.78 is 0. The van der Waals surface area contributed by atoms with Gasteiger partial charge in [-0.15, -0.1) is 0 Å². The second-order valence-electron chi connectivity index (χ2n) is 9.79. The van der Waals surface area contributed by atoms with Crippen molar-refractivity contribution in [3.8, 4) is 0 Å². The molecule has 238 valence electrons. The highest BCUT2D eigenvalue weighted by Crippen LogP contribution is 2.10. The minimum atomic E-state index is -1.57. The number of hydroxylamine groups is 6. The lowest BCUT2D eigenvalue weighted by Crippen LogP contribution is -2.61. The molecule has 1 aliphatic heterocycles. The van der Waals surface area contributed by atoms with Crippen molar-refractivity contribution in [3.05, 3.63) is 0 Å². The van der Waals surface area contributed by atoms with Crippen molar-refractivity contribution in [2.75, 3.05) is 26.2 Å². The van der Waals surface area contributed by atoms with Crippen molar-refractivity contribution in [2.24, 2.45) is 0 Å². The van der Waals surface area contributed by atoms with Gasteiger partial charge in [-0.05, 0) is 38.5 Å². The lowest BCUT2D eigenvalue weighted by Gasteiger charge is -2.30. The minimum Gasteiger partial charge on any atom is -0.394 e. The molecular weight excluding hydrogens is 562 g/mol. The van der Waals surface area contributed by atoms with Crippen LogP contribution in [0.5, 0.6) is 0 Å². The third kappa shape index (κ3) is 12.3. The van der Waals surface area contributed by atoms with Crippen LogP contribution in [0.3, 0.4) is 0 Å². The number of hydrogen-bond donors (Lipinski definition) is 8.